The highest BCUT2D eigenvalue weighted by Crippen LogP contribution is 2.23. The lowest BCUT2D eigenvalue weighted by Gasteiger charge is -2.37. The monoisotopic (exact) mass is 183 g/mol. The summed E-state index contributed by atoms with van der Waals surface area (Å²) in [6, 6.07) is 0.603. The number of ketones is 1. The Labute approximate surface area is 81.3 Å². The minimum atomic E-state index is 0.295. The van der Waals surface area contributed by atoms with Gasteiger partial charge in [0, 0.05) is 12.6 Å². The van der Waals surface area contributed by atoms with Crippen LogP contribution in [0.25, 0.3) is 0 Å². The maximum Gasteiger partial charge on any atom is 0.143 e. The minimum Gasteiger partial charge on any atom is -0.299 e. The first-order valence-corrected chi connectivity index (χ1v) is 5.37. The Balaban J connectivity index is 2.44. The maximum absolute atomic E-state index is 11.0. The number of rotatable bonds is 3. The average molecular weight is 183 g/mol. The average Bonchev–Trinajstić information content (AvgIpc) is 2.08. The third kappa shape index (κ3) is 3.11. The molecule has 76 valence electrons. The van der Waals surface area contributed by atoms with Crippen LogP contribution in [0, 0.1) is 5.92 Å². The van der Waals surface area contributed by atoms with Crippen molar-refractivity contribution < 1.29 is 4.79 Å². The molecule has 1 saturated heterocycles. The first-order valence-electron chi connectivity index (χ1n) is 5.37. The lowest BCUT2D eigenvalue weighted by molar-refractivity contribution is -0.119. The molecular weight excluding hydrogens is 162 g/mol. The van der Waals surface area contributed by atoms with E-state index in [2.05, 4.69) is 18.7 Å². The predicted molar refractivity (Wildman–Crippen MR) is 54.7 cm³/mol. The van der Waals surface area contributed by atoms with Crippen LogP contribution in [0.3, 0.4) is 0 Å². The van der Waals surface area contributed by atoms with Crippen molar-refractivity contribution in [1.82, 2.24) is 4.90 Å². The van der Waals surface area contributed by atoms with Crippen LogP contribution in [0.2, 0.25) is 0 Å². The molecule has 1 rings (SSSR count). The largest absolute Gasteiger partial charge is 0.299 e. The van der Waals surface area contributed by atoms with E-state index in [4.69, 9.17) is 0 Å². The molecule has 0 saturated carbocycles. The Morgan fingerprint density at radius 2 is 2.15 bits per heavy atom. The number of Topliss-reactive ketones (excluding diaryl/α,β-unsaturated/α-hetero) is 1. The molecule has 2 heteroatoms. The third-order valence-corrected chi connectivity index (χ3v) is 3.11. The molecule has 0 N–H and O–H groups in total. The van der Waals surface area contributed by atoms with Crippen molar-refractivity contribution in [3.8, 4) is 0 Å². The summed E-state index contributed by atoms with van der Waals surface area (Å²) in [4.78, 5) is 13.3. The summed E-state index contributed by atoms with van der Waals surface area (Å²) in [5.41, 5.74) is 0. The van der Waals surface area contributed by atoms with Crippen LogP contribution in [0.5, 0.6) is 0 Å². The quantitative estimate of drug-likeness (QED) is 0.667. The zero-order chi connectivity index (χ0) is 9.84. The van der Waals surface area contributed by atoms with Crippen LogP contribution >= 0.6 is 0 Å². The topological polar surface area (TPSA) is 20.3 Å². The van der Waals surface area contributed by atoms with Crippen LogP contribution in [0.15, 0.2) is 0 Å². The second-order valence-electron chi connectivity index (χ2n) is 4.33. The molecule has 1 aliphatic rings. The number of carbonyl (C=O) groups is 1. The maximum atomic E-state index is 11.0. The van der Waals surface area contributed by atoms with E-state index < -0.39 is 0 Å². The van der Waals surface area contributed by atoms with Crippen molar-refractivity contribution in [2.75, 3.05) is 13.1 Å². The van der Waals surface area contributed by atoms with Crippen LogP contribution in [-0.2, 0) is 4.79 Å². The fourth-order valence-corrected chi connectivity index (χ4v) is 2.10. The van der Waals surface area contributed by atoms with Crippen LogP contribution in [-0.4, -0.2) is 29.8 Å². The number of hydrogen-bond acceptors (Lipinski definition) is 2. The Kier molecular flexibility index (Phi) is 3.91. The third-order valence-electron chi connectivity index (χ3n) is 3.11. The van der Waals surface area contributed by atoms with Gasteiger partial charge in [0.05, 0.1) is 6.54 Å². The Bertz CT molecular complexity index is 179. The normalized spacial score (nSPS) is 30.4. The molecule has 0 aromatic carbocycles. The van der Waals surface area contributed by atoms with Crippen molar-refractivity contribution in [3.05, 3.63) is 0 Å². The Morgan fingerprint density at radius 1 is 1.46 bits per heavy atom. The molecule has 2 atom stereocenters. The van der Waals surface area contributed by atoms with Crippen LogP contribution in [0.1, 0.15) is 40.0 Å². The number of hydrogen-bond donors (Lipinski definition) is 0. The minimum absolute atomic E-state index is 0.295. The zero-order valence-corrected chi connectivity index (χ0v) is 9.05. The smallest absolute Gasteiger partial charge is 0.143 e. The SMILES string of the molecule is CCC1CCC(C)N(CC(C)=O)C1. The molecule has 2 unspecified atom stereocenters. The highest BCUT2D eigenvalue weighted by molar-refractivity contribution is 5.77. The van der Waals surface area contributed by atoms with E-state index in [-0.39, 0.29) is 0 Å². The Hall–Kier alpha value is -0.370. The van der Waals surface area contributed by atoms with E-state index in [0.717, 1.165) is 12.5 Å². The molecule has 1 heterocycles. The second-order valence-corrected chi connectivity index (χ2v) is 4.33. The number of piperidine rings is 1. The second kappa shape index (κ2) is 4.75. The van der Waals surface area contributed by atoms with Crippen molar-refractivity contribution >= 4 is 5.78 Å². The number of carbonyl (C=O) groups excluding carboxylic acids is 1. The van der Waals surface area contributed by atoms with Crippen molar-refractivity contribution in [2.24, 2.45) is 5.92 Å². The van der Waals surface area contributed by atoms with Gasteiger partial charge in [-0.15, -0.1) is 0 Å². The first-order chi connectivity index (χ1) is 6.13. The fourth-order valence-electron chi connectivity index (χ4n) is 2.10. The van der Waals surface area contributed by atoms with E-state index in [1.54, 1.807) is 6.92 Å². The van der Waals surface area contributed by atoms with Crippen molar-refractivity contribution in [1.29, 1.82) is 0 Å². The van der Waals surface area contributed by atoms with E-state index in [1.807, 2.05) is 0 Å². The summed E-state index contributed by atoms with van der Waals surface area (Å²) < 4.78 is 0. The van der Waals surface area contributed by atoms with Crippen LogP contribution < -0.4 is 0 Å². The molecule has 13 heavy (non-hydrogen) atoms. The van der Waals surface area contributed by atoms with Crippen molar-refractivity contribution in [2.45, 2.75) is 46.1 Å². The number of nitrogens with zero attached hydrogens (tertiary/aromatic N) is 1. The molecule has 0 amide bonds. The van der Waals surface area contributed by atoms with Gasteiger partial charge in [-0.3, -0.25) is 9.69 Å². The molecule has 0 aromatic heterocycles. The van der Waals surface area contributed by atoms with Gasteiger partial charge in [0.15, 0.2) is 0 Å². The summed E-state index contributed by atoms with van der Waals surface area (Å²) in [6.45, 7) is 7.93. The summed E-state index contributed by atoms with van der Waals surface area (Å²) in [7, 11) is 0. The van der Waals surface area contributed by atoms with Gasteiger partial charge < -0.3 is 0 Å². The molecular formula is C11H21NO. The molecule has 0 aromatic rings. The lowest BCUT2D eigenvalue weighted by Crippen LogP contribution is -2.43. The van der Waals surface area contributed by atoms with Crippen LogP contribution in [0.4, 0.5) is 0 Å². The summed E-state index contributed by atoms with van der Waals surface area (Å²) in [5, 5.41) is 0. The summed E-state index contributed by atoms with van der Waals surface area (Å²) in [6.07, 6.45) is 3.85. The van der Waals surface area contributed by atoms with Gasteiger partial charge >= 0.3 is 0 Å². The van der Waals surface area contributed by atoms with Gasteiger partial charge in [-0.25, -0.2) is 0 Å². The van der Waals surface area contributed by atoms with E-state index in [0.29, 0.717) is 18.4 Å². The number of likely N-dealkylation sites (tertiary alicyclic amines) is 1. The standard InChI is InChI=1S/C11H21NO/c1-4-11-6-5-9(2)12(8-11)7-10(3)13/h9,11H,4-8H2,1-3H3. The highest BCUT2D eigenvalue weighted by atomic mass is 16.1. The molecule has 1 fully saturated rings. The van der Waals surface area contributed by atoms with Gasteiger partial charge in [0.25, 0.3) is 0 Å². The highest BCUT2D eigenvalue weighted by Gasteiger charge is 2.24. The van der Waals surface area contributed by atoms with Crippen molar-refractivity contribution in [3.63, 3.8) is 0 Å². The molecule has 0 aliphatic carbocycles. The molecule has 2 nitrogen and oxygen atoms in total. The molecule has 0 spiro atoms. The fraction of sp³-hybridized carbons (Fsp3) is 0.909. The molecule has 0 radical (unpaired) electrons. The molecule has 1 aliphatic heterocycles. The zero-order valence-electron chi connectivity index (χ0n) is 9.05. The lowest BCUT2D eigenvalue weighted by atomic mass is 9.91. The summed E-state index contributed by atoms with van der Waals surface area (Å²) in [5.74, 6) is 1.11. The predicted octanol–water partition coefficient (Wildman–Crippen LogP) is 2.09. The molecule has 0 bridgehead atoms. The summed E-state index contributed by atoms with van der Waals surface area (Å²) >= 11 is 0. The van der Waals surface area contributed by atoms with Gasteiger partial charge in [0.1, 0.15) is 5.78 Å². The van der Waals surface area contributed by atoms with E-state index >= 15 is 0 Å². The first kappa shape index (κ1) is 10.7. The van der Waals surface area contributed by atoms with Gasteiger partial charge in [-0.05, 0) is 32.6 Å². The van der Waals surface area contributed by atoms with Gasteiger partial charge in [-0.1, -0.05) is 13.3 Å². The Morgan fingerprint density at radius 3 is 2.69 bits per heavy atom. The van der Waals surface area contributed by atoms with Gasteiger partial charge in [0.2, 0.25) is 0 Å². The van der Waals surface area contributed by atoms with Gasteiger partial charge in [-0.2, -0.15) is 0 Å². The van der Waals surface area contributed by atoms with E-state index in [1.165, 1.54) is 19.3 Å². The van der Waals surface area contributed by atoms with E-state index in [9.17, 15) is 4.79 Å².